The van der Waals surface area contributed by atoms with Crippen molar-refractivity contribution in [3.8, 4) is 17.3 Å². The summed E-state index contributed by atoms with van der Waals surface area (Å²) in [6, 6.07) is 8.04. The highest BCUT2D eigenvalue weighted by molar-refractivity contribution is 7.16. The molecule has 0 bridgehead atoms. The molecule has 5 heterocycles. The van der Waals surface area contributed by atoms with Crippen molar-refractivity contribution >= 4 is 39.3 Å². The first kappa shape index (κ1) is 35.4. The molecule has 0 aliphatic carbocycles. The van der Waals surface area contributed by atoms with Gasteiger partial charge in [-0.05, 0) is 36.8 Å². The number of nitrogens with zero attached hydrogens (tertiary/aromatic N) is 8. The number of hydrogen-bond donors (Lipinski definition) is 9. The number of hydrogen-bond acceptors (Lipinski definition) is 17. The third-order valence-corrected chi connectivity index (χ3v) is 9.60. The number of thiazole rings is 1. The number of likely N-dealkylation sites (tertiary alicyclic amines) is 1. The average molecular weight is 721 g/mol. The van der Waals surface area contributed by atoms with Crippen LogP contribution in [-0.2, 0) is 11.2 Å². The van der Waals surface area contributed by atoms with E-state index in [1.54, 1.807) is 6.92 Å². The van der Waals surface area contributed by atoms with Crippen LogP contribution in [0.1, 0.15) is 17.5 Å². The average Bonchev–Trinajstić information content (AvgIpc) is 3.62. The number of anilines is 3. The van der Waals surface area contributed by atoms with Crippen LogP contribution in [0.2, 0.25) is 0 Å². The van der Waals surface area contributed by atoms with E-state index in [9.17, 15) is 60.4 Å². The molecule has 2 aliphatic heterocycles. The number of benzene rings is 1. The highest BCUT2D eigenvalue weighted by atomic mass is 32.1. The number of aromatic nitrogens is 3. The molecule has 18 nitrogen and oxygen atoms in total. The highest BCUT2D eigenvalue weighted by Crippen LogP contribution is 2.48. The monoisotopic (exact) mass is 720 g/mol. The molecule has 4 aromatic rings. The van der Waals surface area contributed by atoms with Crippen LogP contribution in [0.4, 0.5) is 25.3 Å². The minimum Gasteiger partial charge on any atom is -0.389 e. The van der Waals surface area contributed by atoms with Gasteiger partial charge in [0.25, 0.3) is 0 Å². The van der Waals surface area contributed by atoms with Crippen molar-refractivity contribution in [1.82, 2.24) is 24.4 Å². The van der Waals surface area contributed by atoms with Gasteiger partial charge in [-0.2, -0.15) is 15.3 Å². The second-order valence-corrected chi connectivity index (χ2v) is 12.7. The van der Waals surface area contributed by atoms with Crippen molar-refractivity contribution in [2.45, 2.75) is 43.1 Å². The Labute approximate surface area is 284 Å². The third-order valence-electron chi connectivity index (χ3n) is 8.56. The number of aryl methyl sites for hydroxylation is 1. The van der Waals surface area contributed by atoms with Gasteiger partial charge in [0.1, 0.15) is 22.5 Å². The van der Waals surface area contributed by atoms with Crippen molar-refractivity contribution in [3.05, 3.63) is 58.7 Å². The molecule has 0 radical (unpaired) electrons. The molecule has 6 rings (SSSR count). The predicted octanol–water partition coefficient (Wildman–Crippen LogP) is -2.18. The lowest BCUT2D eigenvalue weighted by atomic mass is 10.0. The molecule has 21 heteroatoms. The molecule has 2 fully saturated rings. The molecule has 1 aromatic carbocycles. The van der Waals surface area contributed by atoms with Crippen LogP contribution in [0.25, 0.3) is 16.8 Å². The van der Waals surface area contributed by atoms with Gasteiger partial charge in [-0.3, -0.25) is 9.69 Å². The molecule has 0 saturated carbocycles. The number of nitriles is 1. The van der Waals surface area contributed by atoms with E-state index >= 15 is 4.39 Å². The topological polar surface area (TPSA) is 266 Å². The number of halogens is 2. The highest BCUT2D eigenvalue weighted by Gasteiger charge is 2.77. The fourth-order valence-electron chi connectivity index (χ4n) is 5.84. The van der Waals surface area contributed by atoms with Crippen LogP contribution >= 0.6 is 11.3 Å². The molecule has 2 saturated heterocycles. The summed E-state index contributed by atoms with van der Waals surface area (Å²) in [7, 11) is 1.50. The Morgan fingerprint density at radius 2 is 1.64 bits per heavy atom. The summed E-state index contributed by atoms with van der Waals surface area (Å²) in [4.78, 5) is 18.5. The summed E-state index contributed by atoms with van der Waals surface area (Å²) < 4.78 is 30.4. The molecule has 266 valence electrons. The van der Waals surface area contributed by atoms with Crippen LogP contribution in [0.3, 0.4) is 0 Å². The molecule has 9 N–H and O–H groups in total. The second kappa shape index (κ2) is 11.8. The van der Waals surface area contributed by atoms with Gasteiger partial charge >= 0.3 is 23.6 Å². The number of β-amino-alcohol motifs (C(OH)–C–C–N with tert-alkyl or cyclic N) is 1. The maximum atomic E-state index is 15.8. The lowest BCUT2D eigenvalue weighted by Gasteiger charge is -2.61. The first-order valence-corrected chi connectivity index (χ1v) is 15.5. The molecule has 0 unspecified atom stereocenters. The van der Waals surface area contributed by atoms with Crippen LogP contribution in [0.5, 0.6) is 0 Å². The molecular weight excluding hydrogens is 690 g/mol. The van der Waals surface area contributed by atoms with Crippen molar-refractivity contribution in [3.63, 3.8) is 0 Å². The number of rotatable bonds is 7. The molecule has 3 aromatic heterocycles. The molecule has 0 spiro atoms. The SMILES string of the molecule is CCc1nn2cc(F)c(N3C(O)(O)C(O)(O)N(CC(=O)N4CC(O)C4)C(O)(O)C3(O)O)cc2c1N(C)c1nc(-c2ccc(F)cc2)c(C#N)s1. The van der Waals surface area contributed by atoms with Crippen LogP contribution < -0.4 is 9.80 Å². The van der Waals surface area contributed by atoms with E-state index in [1.807, 2.05) is 6.07 Å². The van der Waals surface area contributed by atoms with E-state index in [4.69, 9.17) is 0 Å². The number of fused-ring (bicyclic) bond motifs is 1. The standard InChI is InChI=1S/C29H30F2N8O10S/c1-3-18-24(35(2)25-33-23(21(9-32)50-25)14-4-6-15(30)7-5-14)20-8-19(17(31)12-37(20)34-18)39-28(46,47)26(42,43)38(27(44,45)29(39,48)49)13-22(41)36-10-16(40)11-36/h4-8,12,16,40,42-49H,3,10-11,13H2,1-2H3. The maximum absolute atomic E-state index is 15.8. The lowest BCUT2D eigenvalue weighted by Crippen LogP contribution is -2.91. The zero-order chi connectivity index (χ0) is 36.7. The Morgan fingerprint density at radius 1 is 1.04 bits per heavy atom. The van der Waals surface area contributed by atoms with Gasteiger partial charge < -0.3 is 55.8 Å². The van der Waals surface area contributed by atoms with Crippen LogP contribution in [-0.4, -0.2) is 133 Å². The minimum atomic E-state index is -4.40. The first-order valence-electron chi connectivity index (χ1n) is 14.7. The van der Waals surface area contributed by atoms with E-state index in [0.29, 0.717) is 11.8 Å². The van der Waals surface area contributed by atoms with Crippen molar-refractivity contribution < 1.29 is 59.5 Å². The van der Waals surface area contributed by atoms with Gasteiger partial charge in [-0.1, -0.05) is 18.3 Å². The fourth-order valence-corrected chi connectivity index (χ4v) is 6.70. The van der Waals surface area contributed by atoms with Gasteiger partial charge in [0.15, 0.2) is 10.9 Å². The molecule has 2 aliphatic rings. The third kappa shape index (κ3) is 5.17. The lowest BCUT2D eigenvalue weighted by molar-refractivity contribution is -0.546. The zero-order valence-electron chi connectivity index (χ0n) is 26.0. The van der Waals surface area contributed by atoms with Crippen LogP contribution in [0.15, 0.2) is 36.5 Å². The Kier molecular flexibility index (Phi) is 8.37. The Bertz CT molecular complexity index is 2000. The van der Waals surface area contributed by atoms with Gasteiger partial charge in [0, 0.05) is 25.7 Å². The smallest absolute Gasteiger partial charge is 0.324 e. The summed E-state index contributed by atoms with van der Waals surface area (Å²) in [6.07, 6.45) is -0.0699. The normalized spacial score (nSPS) is 19.8. The molecule has 50 heavy (non-hydrogen) atoms. The fraction of sp³-hybridized carbons (Fsp3) is 0.379. The largest absolute Gasteiger partial charge is 0.389 e. The number of carbonyl (C=O) groups excluding carboxylic acids is 1. The van der Waals surface area contributed by atoms with Gasteiger partial charge in [-0.15, -0.1) is 0 Å². The van der Waals surface area contributed by atoms with Crippen LogP contribution in [0, 0.1) is 23.0 Å². The van der Waals surface area contributed by atoms with E-state index < -0.39 is 69.3 Å². The quantitative estimate of drug-likeness (QED) is 0.0919. The molecule has 0 atom stereocenters. The van der Waals surface area contributed by atoms with E-state index in [2.05, 4.69) is 10.1 Å². The Morgan fingerprint density at radius 3 is 2.18 bits per heavy atom. The van der Waals surface area contributed by atoms with Crippen molar-refractivity contribution in [2.24, 2.45) is 0 Å². The van der Waals surface area contributed by atoms with Gasteiger partial charge in [-0.25, -0.2) is 18.3 Å². The number of aliphatic hydroxyl groups is 9. The predicted molar refractivity (Wildman–Crippen MR) is 165 cm³/mol. The van der Waals surface area contributed by atoms with Crippen molar-refractivity contribution in [1.29, 1.82) is 5.26 Å². The number of aliphatic hydroxyl groups excluding tert-OH is 1. The minimum absolute atomic E-state index is 0.0960. The molecule has 1 amide bonds. The number of carbonyl (C=O) groups is 1. The summed E-state index contributed by atoms with van der Waals surface area (Å²) in [5.74, 6) is -20.6. The van der Waals surface area contributed by atoms with Gasteiger partial charge in [0.2, 0.25) is 5.91 Å². The summed E-state index contributed by atoms with van der Waals surface area (Å²) >= 11 is 0.936. The first-order chi connectivity index (χ1) is 23.3. The Balaban J connectivity index is 1.46. The molecular formula is C29H30F2N8O10S. The van der Waals surface area contributed by atoms with Crippen molar-refractivity contribution in [2.75, 3.05) is 36.5 Å². The van der Waals surface area contributed by atoms with E-state index in [0.717, 1.165) is 26.8 Å². The van der Waals surface area contributed by atoms with E-state index in [-0.39, 0.29) is 52.1 Å². The number of pyridine rings is 1. The summed E-state index contributed by atoms with van der Waals surface area (Å²) in [5.41, 5.74) is -0.218. The summed E-state index contributed by atoms with van der Waals surface area (Å²) in [6.45, 7) is -0.248. The summed E-state index contributed by atoms with van der Waals surface area (Å²) in [5, 5.41) is 112. The zero-order valence-corrected chi connectivity index (χ0v) is 26.9. The number of piperazine rings is 1. The second-order valence-electron chi connectivity index (χ2n) is 11.8. The van der Waals surface area contributed by atoms with Gasteiger partial charge in [0.05, 0.1) is 41.4 Å². The Hall–Kier alpha value is -4.44. The number of amides is 1. The maximum Gasteiger partial charge on any atom is 0.324 e. The van der Waals surface area contributed by atoms with E-state index in [1.165, 1.54) is 36.2 Å².